The third-order valence-corrected chi connectivity index (χ3v) is 5.85. The van der Waals surface area contributed by atoms with Crippen molar-refractivity contribution in [1.29, 1.82) is 0 Å². The van der Waals surface area contributed by atoms with Crippen molar-refractivity contribution >= 4 is 23.8 Å². The highest BCUT2D eigenvalue weighted by atomic mass is 16.2. The molecule has 5 amide bonds. The first kappa shape index (κ1) is 20.5. The number of hydrazine groups is 1. The van der Waals surface area contributed by atoms with Gasteiger partial charge in [-0.3, -0.25) is 29.6 Å². The Bertz CT molecular complexity index is 642. The van der Waals surface area contributed by atoms with Crippen LogP contribution in [0.3, 0.4) is 0 Å². The Morgan fingerprint density at radius 2 is 1.61 bits per heavy atom. The highest BCUT2D eigenvalue weighted by molar-refractivity contribution is 6.07. The molecule has 3 heterocycles. The minimum absolute atomic E-state index is 0.0774. The van der Waals surface area contributed by atoms with Gasteiger partial charge in [-0.2, -0.15) is 5.01 Å². The van der Waals surface area contributed by atoms with Crippen LogP contribution in [0.5, 0.6) is 0 Å². The Morgan fingerprint density at radius 1 is 1.00 bits per heavy atom. The van der Waals surface area contributed by atoms with Crippen LogP contribution in [0.4, 0.5) is 4.79 Å². The van der Waals surface area contributed by atoms with Crippen molar-refractivity contribution in [3.8, 4) is 0 Å². The summed E-state index contributed by atoms with van der Waals surface area (Å²) in [5.74, 6) is -0.726. The van der Waals surface area contributed by atoms with E-state index in [9.17, 15) is 19.2 Å². The molecule has 3 rings (SSSR count). The first-order chi connectivity index (χ1) is 13.3. The molecule has 3 fully saturated rings. The topological polar surface area (TPSA) is 105 Å². The van der Waals surface area contributed by atoms with Gasteiger partial charge in [0.15, 0.2) is 0 Å². The SMILES string of the molecule is CCC1(C)NC(=O)N(NC(=O)CN2CCN(C(=O)CN3CCCC3)CC2)C1=O. The number of urea groups is 1. The maximum Gasteiger partial charge on any atom is 0.344 e. The normalized spacial score (nSPS) is 26.6. The van der Waals surface area contributed by atoms with Crippen LogP contribution in [0.1, 0.15) is 33.1 Å². The summed E-state index contributed by atoms with van der Waals surface area (Å²) in [7, 11) is 0. The maximum absolute atomic E-state index is 12.4. The summed E-state index contributed by atoms with van der Waals surface area (Å²) in [6, 6.07) is -0.611. The molecule has 10 heteroatoms. The van der Waals surface area contributed by atoms with Crippen LogP contribution < -0.4 is 10.7 Å². The monoisotopic (exact) mass is 394 g/mol. The highest BCUT2D eigenvalue weighted by Crippen LogP contribution is 2.19. The van der Waals surface area contributed by atoms with Crippen LogP contribution in [0, 0.1) is 0 Å². The molecule has 0 radical (unpaired) electrons. The zero-order valence-electron chi connectivity index (χ0n) is 16.7. The Morgan fingerprint density at radius 3 is 2.18 bits per heavy atom. The van der Waals surface area contributed by atoms with Gasteiger partial charge in [-0.15, -0.1) is 0 Å². The summed E-state index contributed by atoms with van der Waals surface area (Å²) >= 11 is 0. The molecular weight excluding hydrogens is 364 g/mol. The average molecular weight is 394 g/mol. The van der Waals surface area contributed by atoms with Crippen LogP contribution in [0.15, 0.2) is 0 Å². The Labute approximate surface area is 165 Å². The number of amides is 5. The second kappa shape index (κ2) is 8.44. The number of nitrogens with one attached hydrogen (secondary N) is 2. The van der Waals surface area contributed by atoms with E-state index in [4.69, 9.17) is 0 Å². The van der Waals surface area contributed by atoms with Gasteiger partial charge < -0.3 is 10.2 Å². The van der Waals surface area contributed by atoms with Gasteiger partial charge in [0.05, 0.1) is 13.1 Å². The number of rotatable bonds is 6. The van der Waals surface area contributed by atoms with Crippen molar-refractivity contribution in [2.75, 3.05) is 52.4 Å². The standard InChI is InChI=1S/C18H30N6O4/c1-3-18(2)16(27)24(17(28)19-18)20-14(25)12-22-8-10-23(11-9-22)15(26)13-21-6-4-5-7-21/h3-13H2,1-2H3,(H,19,28)(H,20,25). The fourth-order valence-electron chi connectivity index (χ4n) is 3.78. The summed E-state index contributed by atoms with van der Waals surface area (Å²) in [4.78, 5) is 54.9. The lowest BCUT2D eigenvalue weighted by atomic mass is 10.00. The van der Waals surface area contributed by atoms with Crippen LogP contribution >= 0.6 is 0 Å². The first-order valence-corrected chi connectivity index (χ1v) is 10.0. The van der Waals surface area contributed by atoms with E-state index in [1.807, 2.05) is 9.80 Å². The number of imide groups is 1. The van der Waals surface area contributed by atoms with E-state index in [1.54, 1.807) is 13.8 Å². The highest BCUT2D eigenvalue weighted by Gasteiger charge is 2.47. The molecule has 0 aromatic heterocycles. The van der Waals surface area contributed by atoms with E-state index >= 15 is 0 Å². The van der Waals surface area contributed by atoms with Crippen molar-refractivity contribution in [3.63, 3.8) is 0 Å². The van der Waals surface area contributed by atoms with Gasteiger partial charge in [0.1, 0.15) is 5.54 Å². The first-order valence-electron chi connectivity index (χ1n) is 10.0. The lowest BCUT2D eigenvalue weighted by Gasteiger charge is -2.35. The second-order valence-corrected chi connectivity index (χ2v) is 7.93. The van der Waals surface area contributed by atoms with Crippen molar-refractivity contribution < 1.29 is 19.2 Å². The second-order valence-electron chi connectivity index (χ2n) is 7.93. The minimum Gasteiger partial charge on any atom is -0.339 e. The van der Waals surface area contributed by atoms with E-state index in [2.05, 4.69) is 15.6 Å². The fourth-order valence-corrected chi connectivity index (χ4v) is 3.78. The molecule has 28 heavy (non-hydrogen) atoms. The smallest absolute Gasteiger partial charge is 0.339 e. The van der Waals surface area contributed by atoms with Gasteiger partial charge in [0.25, 0.3) is 11.8 Å². The van der Waals surface area contributed by atoms with E-state index in [0.29, 0.717) is 39.1 Å². The molecule has 3 aliphatic rings. The molecule has 3 aliphatic heterocycles. The molecule has 0 aromatic carbocycles. The molecule has 0 spiro atoms. The molecule has 1 atom stereocenters. The molecule has 10 nitrogen and oxygen atoms in total. The molecule has 0 aliphatic carbocycles. The van der Waals surface area contributed by atoms with Gasteiger partial charge in [-0.25, -0.2) is 4.79 Å². The van der Waals surface area contributed by atoms with Gasteiger partial charge in [-0.05, 0) is 39.3 Å². The Balaban J connectivity index is 1.42. The summed E-state index contributed by atoms with van der Waals surface area (Å²) in [5.41, 5.74) is 1.42. The minimum atomic E-state index is -0.980. The van der Waals surface area contributed by atoms with E-state index in [-0.39, 0.29) is 12.5 Å². The summed E-state index contributed by atoms with van der Waals surface area (Å²) in [6.07, 6.45) is 2.76. The third kappa shape index (κ3) is 4.44. The van der Waals surface area contributed by atoms with Gasteiger partial charge in [0.2, 0.25) is 5.91 Å². The van der Waals surface area contributed by atoms with Crippen LogP contribution in [0.25, 0.3) is 0 Å². The molecular formula is C18H30N6O4. The summed E-state index contributed by atoms with van der Waals surface area (Å²) in [6.45, 7) is 8.31. The number of hydrogen-bond acceptors (Lipinski definition) is 6. The molecule has 0 aromatic rings. The summed E-state index contributed by atoms with van der Waals surface area (Å²) in [5, 5.41) is 3.36. The van der Waals surface area contributed by atoms with Crippen LogP contribution in [-0.4, -0.2) is 101 Å². The Hall–Kier alpha value is -2.20. The zero-order chi connectivity index (χ0) is 20.3. The zero-order valence-corrected chi connectivity index (χ0v) is 16.7. The van der Waals surface area contributed by atoms with E-state index < -0.39 is 23.4 Å². The lowest BCUT2D eigenvalue weighted by Crippen LogP contribution is -2.55. The number of piperazine rings is 1. The van der Waals surface area contributed by atoms with Crippen molar-refractivity contribution in [3.05, 3.63) is 0 Å². The molecule has 156 valence electrons. The predicted molar refractivity (Wildman–Crippen MR) is 101 cm³/mol. The fraction of sp³-hybridized carbons (Fsp3) is 0.778. The maximum atomic E-state index is 12.4. The van der Waals surface area contributed by atoms with Crippen molar-refractivity contribution in [1.82, 2.24) is 30.5 Å². The molecule has 2 N–H and O–H groups in total. The van der Waals surface area contributed by atoms with Crippen molar-refractivity contribution in [2.24, 2.45) is 0 Å². The average Bonchev–Trinajstić information content (AvgIpc) is 3.25. The number of likely N-dealkylation sites (tertiary alicyclic amines) is 1. The predicted octanol–water partition coefficient (Wildman–Crippen LogP) is -1.02. The summed E-state index contributed by atoms with van der Waals surface area (Å²) < 4.78 is 0. The third-order valence-electron chi connectivity index (χ3n) is 5.85. The number of carbonyl (C=O) groups excluding carboxylic acids is 4. The van der Waals surface area contributed by atoms with Gasteiger partial charge in [-0.1, -0.05) is 6.92 Å². The van der Waals surface area contributed by atoms with Crippen LogP contribution in [-0.2, 0) is 14.4 Å². The molecule has 0 saturated carbocycles. The van der Waals surface area contributed by atoms with E-state index in [1.165, 1.54) is 0 Å². The Kier molecular flexibility index (Phi) is 6.19. The number of nitrogens with zero attached hydrogens (tertiary/aromatic N) is 4. The molecule has 1 unspecified atom stereocenters. The molecule has 3 saturated heterocycles. The quantitative estimate of drug-likeness (QED) is 0.559. The van der Waals surface area contributed by atoms with Crippen LogP contribution in [0.2, 0.25) is 0 Å². The van der Waals surface area contributed by atoms with Crippen molar-refractivity contribution in [2.45, 2.75) is 38.6 Å². The van der Waals surface area contributed by atoms with Gasteiger partial charge in [0, 0.05) is 26.2 Å². The largest absolute Gasteiger partial charge is 0.344 e. The number of carbonyl (C=O) groups is 4. The van der Waals surface area contributed by atoms with E-state index in [0.717, 1.165) is 30.9 Å². The molecule has 0 bridgehead atoms. The number of hydrogen-bond donors (Lipinski definition) is 2. The lowest BCUT2D eigenvalue weighted by molar-refractivity contribution is -0.140. The van der Waals surface area contributed by atoms with Gasteiger partial charge >= 0.3 is 6.03 Å².